The molecule has 0 fully saturated rings. The maximum Gasteiger partial charge on any atom is 0.232 e. The first kappa shape index (κ1) is 16.3. The fourth-order valence-corrected chi connectivity index (χ4v) is 3.13. The molecule has 2 aromatic carbocycles. The quantitative estimate of drug-likeness (QED) is 0.719. The number of hydrogen-bond donors (Lipinski definition) is 1. The fourth-order valence-electron chi connectivity index (χ4n) is 3.13. The molecule has 0 aliphatic heterocycles. The zero-order chi connectivity index (χ0) is 15.8. The number of nitrogens with two attached hydrogens (primary N) is 1. The van der Waals surface area contributed by atoms with E-state index >= 15 is 0 Å². The van der Waals surface area contributed by atoms with Crippen molar-refractivity contribution in [1.29, 1.82) is 0 Å². The predicted molar refractivity (Wildman–Crippen MR) is 91.6 cm³/mol. The van der Waals surface area contributed by atoms with Crippen LogP contribution >= 0.6 is 0 Å². The van der Waals surface area contributed by atoms with Crippen LogP contribution in [-0.2, 0) is 10.2 Å². The molecule has 2 nitrogen and oxygen atoms in total. The first-order valence-electron chi connectivity index (χ1n) is 8.12. The van der Waals surface area contributed by atoms with Crippen LogP contribution in [0.25, 0.3) is 0 Å². The largest absolute Gasteiger partial charge is 0.369 e. The van der Waals surface area contributed by atoms with E-state index in [4.69, 9.17) is 5.73 Å². The summed E-state index contributed by atoms with van der Waals surface area (Å²) in [6.45, 7) is 2.19. The average Bonchev–Trinajstić information content (AvgIpc) is 2.56. The second-order valence-corrected chi connectivity index (χ2v) is 5.81. The number of benzene rings is 2. The summed E-state index contributed by atoms with van der Waals surface area (Å²) in [6, 6.07) is 19.9. The lowest BCUT2D eigenvalue weighted by atomic mass is 9.70. The van der Waals surface area contributed by atoms with Gasteiger partial charge in [0.05, 0.1) is 5.41 Å². The highest BCUT2D eigenvalue weighted by Gasteiger charge is 2.39. The number of amides is 1. The van der Waals surface area contributed by atoms with Gasteiger partial charge in [-0.05, 0) is 17.5 Å². The van der Waals surface area contributed by atoms with E-state index in [0.717, 1.165) is 30.4 Å². The summed E-state index contributed by atoms with van der Waals surface area (Å²) in [5, 5.41) is 0. The Morgan fingerprint density at radius 2 is 1.36 bits per heavy atom. The Bertz CT molecular complexity index is 538. The van der Waals surface area contributed by atoms with Crippen molar-refractivity contribution < 1.29 is 4.79 Å². The van der Waals surface area contributed by atoms with Crippen molar-refractivity contribution in [1.82, 2.24) is 0 Å². The molecule has 0 unspecified atom stereocenters. The molecule has 2 heteroatoms. The van der Waals surface area contributed by atoms with Crippen LogP contribution in [0.2, 0.25) is 0 Å². The molecule has 0 saturated heterocycles. The molecule has 2 rings (SSSR count). The van der Waals surface area contributed by atoms with Gasteiger partial charge in [0.1, 0.15) is 0 Å². The summed E-state index contributed by atoms with van der Waals surface area (Å²) in [5.41, 5.74) is 7.17. The van der Waals surface area contributed by atoms with Gasteiger partial charge in [-0.2, -0.15) is 0 Å². The Morgan fingerprint density at radius 3 is 1.77 bits per heavy atom. The second kappa shape index (κ2) is 7.79. The van der Waals surface area contributed by atoms with E-state index in [0.29, 0.717) is 0 Å². The van der Waals surface area contributed by atoms with Crippen molar-refractivity contribution in [3.8, 4) is 0 Å². The summed E-state index contributed by atoms with van der Waals surface area (Å²) >= 11 is 0. The van der Waals surface area contributed by atoms with Gasteiger partial charge in [-0.25, -0.2) is 0 Å². The Balaban J connectivity index is 2.44. The smallest absolute Gasteiger partial charge is 0.232 e. The molecular formula is C20H25NO. The van der Waals surface area contributed by atoms with Gasteiger partial charge in [0.25, 0.3) is 0 Å². The Labute approximate surface area is 133 Å². The van der Waals surface area contributed by atoms with E-state index in [1.165, 1.54) is 12.8 Å². The first-order valence-corrected chi connectivity index (χ1v) is 8.12. The fraction of sp³-hybridized carbons (Fsp3) is 0.350. The minimum atomic E-state index is -0.726. The van der Waals surface area contributed by atoms with Crippen LogP contribution in [0, 0.1) is 0 Å². The van der Waals surface area contributed by atoms with E-state index in [2.05, 4.69) is 6.92 Å². The third-order valence-electron chi connectivity index (χ3n) is 4.36. The van der Waals surface area contributed by atoms with Gasteiger partial charge in [0, 0.05) is 0 Å². The summed E-state index contributed by atoms with van der Waals surface area (Å²) < 4.78 is 0. The van der Waals surface area contributed by atoms with Crippen LogP contribution in [0.4, 0.5) is 0 Å². The lowest BCUT2D eigenvalue weighted by molar-refractivity contribution is -0.122. The van der Waals surface area contributed by atoms with Crippen LogP contribution in [0.3, 0.4) is 0 Å². The van der Waals surface area contributed by atoms with Crippen molar-refractivity contribution in [2.45, 2.75) is 44.4 Å². The molecule has 0 atom stereocenters. The van der Waals surface area contributed by atoms with Crippen molar-refractivity contribution in [3.63, 3.8) is 0 Å². The monoisotopic (exact) mass is 295 g/mol. The van der Waals surface area contributed by atoms with Gasteiger partial charge >= 0.3 is 0 Å². The lowest BCUT2D eigenvalue weighted by Gasteiger charge is -2.32. The molecule has 0 spiro atoms. The van der Waals surface area contributed by atoms with Crippen LogP contribution < -0.4 is 5.73 Å². The molecule has 0 bridgehead atoms. The number of hydrogen-bond acceptors (Lipinski definition) is 1. The van der Waals surface area contributed by atoms with E-state index in [9.17, 15) is 4.79 Å². The average molecular weight is 295 g/mol. The number of carbonyl (C=O) groups is 1. The molecule has 0 aliphatic carbocycles. The summed E-state index contributed by atoms with van der Waals surface area (Å²) in [5.74, 6) is -0.263. The number of carbonyl (C=O) groups excluding carboxylic acids is 1. The highest BCUT2D eigenvalue weighted by Crippen LogP contribution is 2.37. The molecule has 0 aliphatic rings. The van der Waals surface area contributed by atoms with Crippen molar-refractivity contribution in [2.75, 3.05) is 0 Å². The third kappa shape index (κ3) is 3.38. The minimum Gasteiger partial charge on any atom is -0.369 e. The van der Waals surface area contributed by atoms with E-state index in [1.54, 1.807) is 0 Å². The SMILES string of the molecule is CCCCCCC(C(N)=O)(c1ccccc1)c1ccccc1. The normalized spacial score (nSPS) is 11.3. The maximum absolute atomic E-state index is 12.5. The lowest BCUT2D eigenvalue weighted by Crippen LogP contribution is -2.42. The Hall–Kier alpha value is -2.09. The zero-order valence-corrected chi connectivity index (χ0v) is 13.3. The molecule has 0 aromatic heterocycles. The summed E-state index contributed by atoms with van der Waals surface area (Å²) in [7, 11) is 0. The molecule has 116 valence electrons. The predicted octanol–water partition coefficient (Wildman–Crippen LogP) is 4.43. The number of primary amides is 1. The summed E-state index contributed by atoms with van der Waals surface area (Å²) in [6.07, 6.45) is 5.26. The molecular weight excluding hydrogens is 270 g/mol. The van der Waals surface area contributed by atoms with Crippen molar-refractivity contribution in [2.24, 2.45) is 5.73 Å². The summed E-state index contributed by atoms with van der Waals surface area (Å²) in [4.78, 5) is 12.5. The first-order chi connectivity index (χ1) is 10.7. The van der Waals surface area contributed by atoms with Crippen LogP contribution in [0.5, 0.6) is 0 Å². The zero-order valence-electron chi connectivity index (χ0n) is 13.3. The van der Waals surface area contributed by atoms with E-state index < -0.39 is 5.41 Å². The van der Waals surface area contributed by atoms with Crippen LogP contribution in [-0.4, -0.2) is 5.91 Å². The molecule has 0 radical (unpaired) electrons. The second-order valence-electron chi connectivity index (χ2n) is 5.81. The molecule has 0 heterocycles. The standard InChI is InChI=1S/C20H25NO/c1-2-3-4-11-16-20(19(21)22,17-12-7-5-8-13-17)18-14-9-6-10-15-18/h5-10,12-15H,2-4,11,16H2,1H3,(H2,21,22). The molecule has 1 amide bonds. The Morgan fingerprint density at radius 1 is 0.864 bits per heavy atom. The molecule has 2 N–H and O–H groups in total. The van der Waals surface area contributed by atoms with Crippen molar-refractivity contribution >= 4 is 5.91 Å². The van der Waals surface area contributed by atoms with Crippen LogP contribution in [0.15, 0.2) is 60.7 Å². The van der Waals surface area contributed by atoms with Gasteiger partial charge in [0.15, 0.2) is 0 Å². The molecule has 22 heavy (non-hydrogen) atoms. The van der Waals surface area contributed by atoms with E-state index in [1.807, 2.05) is 60.7 Å². The minimum absolute atomic E-state index is 0.263. The molecule has 2 aromatic rings. The maximum atomic E-state index is 12.5. The molecule has 0 saturated carbocycles. The van der Waals surface area contributed by atoms with E-state index in [-0.39, 0.29) is 5.91 Å². The third-order valence-corrected chi connectivity index (χ3v) is 4.36. The highest BCUT2D eigenvalue weighted by atomic mass is 16.1. The van der Waals surface area contributed by atoms with Crippen LogP contribution in [0.1, 0.15) is 50.2 Å². The van der Waals surface area contributed by atoms with Gasteiger partial charge in [0.2, 0.25) is 5.91 Å². The number of unbranched alkanes of at least 4 members (excludes halogenated alkanes) is 3. The topological polar surface area (TPSA) is 43.1 Å². The van der Waals surface area contributed by atoms with Gasteiger partial charge < -0.3 is 5.73 Å². The van der Waals surface area contributed by atoms with Gasteiger partial charge in [-0.15, -0.1) is 0 Å². The van der Waals surface area contributed by atoms with Gasteiger partial charge in [-0.3, -0.25) is 4.79 Å². The van der Waals surface area contributed by atoms with Crippen molar-refractivity contribution in [3.05, 3.63) is 71.8 Å². The Kier molecular flexibility index (Phi) is 5.76. The van der Waals surface area contributed by atoms with Gasteiger partial charge in [-0.1, -0.05) is 93.3 Å². The number of rotatable bonds is 8. The highest BCUT2D eigenvalue weighted by molar-refractivity contribution is 5.90.